The summed E-state index contributed by atoms with van der Waals surface area (Å²) in [5.74, 6) is 0.386. The van der Waals surface area contributed by atoms with Crippen molar-refractivity contribution in [2.75, 3.05) is 13.1 Å². The number of rotatable bonds is 7. The topological polar surface area (TPSA) is 61.4 Å². The predicted octanol–water partition coefficient (Wildman–Crippen LogP) is 0.508. The summed E-state index contributed by atoms with van der Waals surface area (Å²) in [7, 11) is 0. The average Bonchev–Trinajstić information content (AvgIpc) is 2.10. The van der Waals surface area contributed by atoms with Gasteiger partial charge < -0.3 is 15.7 Å². The number of hydrogen-bond donors (Lipinski definition) is 3. The van der Waals surface area contributed by atoms with Gasteiger partial charge >= 0.3 is 0 Å². The van der Waals surface area contributed by atoms with Gasteiger partial charge in [-0.15, -0.1) is 0 Å². The summed E-state index contributed by atoms with van der Waals surface area (Å²) >= 11 is 0. The molecule has 4 heteroatoms. The zero-order valence-corrected chi connectivity index (χ0v) is 10.2. The van der Waals surface area contributed by atoms with E-state index in [-0.39, 0.29) is 5.91 Å². The highest BCUT2D eigenvalue weighted by Crippen LogP contribution is 2.02. The van der Waals surface area contributed by atoms with Crippen molar-refractivity contribution in [3.63, 3.8) is 0 Å². The molecular formula is C11H24N2O2. The SMILES string of the molecule is CC(C)CC(O)CNC(=O)CNC(C)C. The lowest BCUT2D eigenvalue weighted by Crippen LogP contribution is -2.40. The van der Waals surface area contributed by atoms with Crippen LogP contribution in [0.25, 0.3) is 0 Å². The molecule has 0 aromatic heterocycles. The second-order valence-corrected chi connectivity index (χ2v) is 4.62. The zero-order valence-electron chi connectivity index (χ0n) is 10.2. The maximum absolute atomic E-state index is 11.3. The van der Waals surface area contributed by atoms with Gasteiger partial charge in [-0.3, -0.25) is 4.79 Å². The maximum Gasteiger partial charge on any atom is 0.234 e. The minimum atomic E-state index is -0.437. The fourth-order valence-electron chi connectivity index (χ4n) is 1.22. The van der Waals surface area contributed by atoms with Crippen molar-refractivity contribution in [3.8, 4) is 0 Å². The second kappa shape index (κ2) is 7.65. The first-order valence-electron chi connectivity index (χ1n) is 5.60. The van der Waals surface area contributed by atoms with E-state index in [0.29, 0.717) is 25.0 Å². The van der Waals surface area contributed by atoms with Crippen molar-refractivity contribution >= 4 is 5.91 Å². The van der Waals surface area contributed by atoms with Crippen molar-refractivity contribution < 1.29 is 9.90 Å². The van der Waals surface area contributed by atoms with Crippen LogP contribution in [0, 0.1) is 5.92 Å². The van der Waals surface area contributed by atoms with Gasteiger partial charge in [0.15, 0.2) is 0 Å². The smallest absolute Gasteiger partial charge is 0.234 e. The minimum absolute atomic E-state index is 0.0634. The molecule has 0 aromatic carbocycles. The molecule has 3 N–H and O–H groups in total. The van der Waals surface area contributed by atoms with E-state index in [4.69, 9.17) is 0 Å². The Morgan fingerprint density at radius 1 is 1.27 bits per heavy atom. The first-order valence-corrected chi connectivity index (χ1v) is 5.60. The van der Waals surface area contributed by atoms with Crippen LogP contribution < -0.4 is 10.6 Å². The van der Waals surface area contributed by atoms with Gasteiger partial charge in [0.2, 0.25) is 5.91 Å². The quantitative estimate of drug-likeness (QED) is 0.581. The Hall–Kier alpha value is -0.610. The van der Waals surface area contributed by atoms with Crippen molar-refractivity contribution in [2.24, 2.45) is 5.92 Å². The highest BCUT2D eigenvalue weighted by atomic mass is 16.3. The number of nitrogens with one attached hydrogen (secondary N) is 2. The molecule has 0 radical (unpaired) electrons. The monoisotopic (exact) mass is 216 g/mol. The van der Waals surface area contributed by atoms with Crippen LogP contribution in [0.5, 0.6) is 0 Å². The van der Waals surface area contributed by atoms with E-state index in [1.54, 1.807) is 0 Å². The summed E-state index contributed by atoms with van der Waals surface area (Å²) in [6.07, 6.45) is 0.283. The molecule has 0 bridgehead atoms. The summed E-state index contributed by atoms with van der Waals surface area (Å²) < 4.78 is 0. The summed E-state index contributed by atoms with van der Waals surface area (Å²) in [6, 6.07) is 0.302. The molecule has 0 spiro atoms. The Kier molecular flexibility index (Phi) is 7.34. The summed E-state index contributed by atoms with van der Waals surface area (Å²) in [5, 5.41) is 15.2. The molecule has 4 nitrogen and oxygen atoms in total. The largest absolute Gasteiger partial charge is 0.391 e. The number of amides is 1. The highest BCUT2D eigenvalue weighted by molar-refractivity contribution is 5.78. The van der Waals surface area contributed by atoms with E-state index in [0.717, 1.165) is 6.42 Å². The molecular weight excluding hydrogens is 192 g/mol. The molecule has 0 fully saturated rings. The predicted molar refractivity (Wildman–Crippen MR) is 61.6 cm³/mol. The maximum atomic E-state index is 11.3. The van der Waals surface area contributed by atoms with Crippen molar-refractivity contribution in [3.05, 3.63) is 0 Å². The van der Waals surface area contributed by atoms with Crippen LogP contribution in [0.15, 0.2) is 0 Å². The number of carbonyl (C=O) groups is 1. The molecule has 1 unspecified atom stereocenters. The third-order valence-electron chi connectivity index (χ3n) is 1.95. The van der Waals surface area contributed by atoms with E-state index >= 15 is 0 Å². The van der Waals surface area contributed by atoms with Crippen LogP contribution >= 0.6 is 0 Å². The van der Waals surface area contributed by atoms with Gasteiger partial charge in [-0.1, -0.05) is 27.7 Å². The molecule has 0 aliphatic heterocycles. The zero-order chi connectivity index (χ0) is 11.8. The van der Waals surface area contributed by atoms with E-state index in [1.165, 1.54) is 0 Å². The van der Waals surface area contributed by atoms with E-state index in [9.17, 15) is 9.90 Å². The molecule has 0 aromatic rings. The summed E-state index contributed by atoms with van der Waals surface area (Å²) in [4.78, 5) is 11.3. The first kappa shape index (κ1) is 14.4. The molecule has 1 atom stereocenters. The minimum Gasteiger partial charge on any atom is -0.391 e. The molecule has 90 valence electrons. The fraction of sp³-hybridized carbons (Fsp3) is 0.909. The Morgan fingerprint density at radius 2 is 1.87 bits per heavy atom. The molecule has 15 heavy (non-hydrogen) atoms. The Balaban J connectivity index is 3.53. The van der Waals surface area contributed by atoms with Crippen molar-refractivity contribution in [1.29, 1.82) is 0 Å². The van der Waals surface area contributed by atoms with Crippen LogP contribution in [0.1, 0.15) is 34.1 Å². The average molecular weight is 216 g/mol. The lowest BCUT2D eigenvalue weighted by Gasteiger charge is -2.14. The normalized spacial score (nSPS) is 13.3. The third-order valence-corrected chi connectivity index (χ3v) is 1.95. The van der Waals surface area contributed by atoms with Gasteiger partial charge in [-0.05, 0) is 12.3 Å². The van der Waals surface area contributed by atoms with Gasteiger partial charge in [0, 0.05) is 12.6 Å². The van der Waals surface area contributed by atoms with Crippen molar-refractivity contribution in [1.82, 2.24) is 10.6 Å². The molecule has 1 amide bonds. The molecule has 0 aliphatic carbocycles. The van der Waals surface area contributed by atoms with Crippen LogP contribution in [0.4, 0.5) is 0 Å². The summed E-state index contributed by atoms with van der Waals surface area (Å²) in [6.45, 7) is 8.72. The third kappa shape index (κ3) is 9.69. The van der Waals surface area contributed by atoms with Gasteiger partial charge in [0.05, 0.1) is 12.6 Å². The number of aliphatic hydroxyl groups excluding tert-OH is 1. The van der Waals surface area contributed by atoms with E-state index in [2.05, 4.69) is 10.6 Å². The Morgan fingerprint density at radius 3 is 2.33 bits per heavy atom. The van der Waals surface area contributed by atoms with Crippen LogP contribution in [0.3, 0.4) is 0 Å². The van der Waals surface area contributed by atoms with Crippen LogP contribution in [0.2, 0.25) is 0 Å². The van der Waals surface area contributed by atoms with E-state index < -0.39 is 6.10 Å². The van der Waals surface area contributed by atoms with Crippen molar-refractivity contribution in [2.45, 2.75) is 46.3 Å². The second-order valence-electron chi connectivity index (χ2n) is 4.62. The Bertz CT molecular complexity index is 181. The number of carbonyl (C=O) groups excluding carboxylic acids is 1. The number of hydrogen-bond acceptors (Lipinski definition) is 3. The first-order chi connectivity index (χ1) is 6.91. The lowest BCUT2D eigenvalue weighted by atomic mass is 10.1. The van der Waals surface area contributed by atoms with E-state index in [1.807, 2.05) is 27.7 Å². The number of aliphatic hydroxyl groups is 1. The standard InChI is InChI=1S/C11H24N2O2/c1-8(2)5-10(14)6-13-11(15)7-12-9(3)4/h8-10,12,14H,5-7H2,1-4H3,(H,13,15). The summed E-state index contributed by atoms with van der Waals surface area (Å²) in [5.41, 5.74) is 0. The van der Waals surface area contributed by atoms with Crippen LogP contribution in [-0.2, 0) is 4.79 Å². The molecule has 0 rings (SSSR count). The van der Waals surface area contributed by atoms with Gasteiger partial charge in [0.1, 0.15) is 0 Å². The van der Waals surface area contributed by atoms with Crippen LogP contribution in [-0.4, -0.2) is 36.2 Å². The molecule has 0 aliphatic rings. The highest BCUT2D eigenvalue weighted by Gasteiger charge is 2.08. The lowest BCUT2D eigenvalue weighted by molar-refractivity contribution is -0.120. The van der Waals surface area contributed by atoms with Gasteiger partial charge in [0.25, 0.3) is 0 Å². The molecule has 0 saturated heterocycles. The molecule has 0 heterocycles. The fourth-order valence-corrected chi connectivity index (χ4v) is 1.22. The molecule has 0 saturated carbocycles. The van der Waals surface area contributed by atoms with Gasteiger partial charge in [-0.2, -0.15) is 0 Å². The van der Waals surface area contributed by atoms with Gasteiger partial charge in [-0.25, -0.2) is 0 Å². The Labute approximate surface area is 92.4 Å².